The van der Waals surface area contributed by atoms with Crippen LogP contribution < -0.4 is 5.32 Å². The number of benzene rings is 1. The van der Waals surface area contributed by atoms with Crippen LogP contribution in [0, 0.1) is 27.8 Å². The molecule has 0 atom stereocenters. The number of rotatable bonds is 5. The predicted molar refractivity (Wildman–Crippen MR) is 75.9 cm³/mol. The van der Waals surface area contributed by atoms with Gasteiger partial charge in [-0.3, -0.25) is 10.1 Å². The highest BCUT2D eigenvalue weighted by Crippen LogP contribution is 2.27. The maximum atomic E-state index is 13.5. The molecule has 0 unspecified atom stereocenters. The lowest BCUT2D eigenvalue weighted by Gasteiger charge is -2.26. The zero-order chi connectivity index (χ0) is 14.5. The normalized spacial score (nSPS) is 22.7. The van der Waals surface area contributed by atoms with Crippen molar-refractivity contribution in [3.8, 4) is 0 Å². The summed E-state index contributed by atoms with van der Waals surface area (Å²) in [6.45, 7) is 3.79. The third-order valence-electron chi connectivity index (χ3n) is 4.11. The molecular formula is C15H21FN2O2. The molecule has 0 heterocycles. The third kappa shape index (κ3) is 4.00. The van der Waals surface area contributed by atoms with Crippen molar-refractivity contribution in [2.24, 2.45) is 11.8 Å². The lowest BCUT2D eigenvalue weighted by molar-refractivity contribution is -0.387. The predicted octanol–water partition coefficient (Wildman–Crippen LogP) is 3.65. The Morgan fingerprint density at radius 3 is 2.65 bits per heavy atom. The van der Waals surface area contributed by atoms with E-state index in [-0.39, 0.29) is 0 Å². The van der Waals surface area contributed by atoms with Crippen LogP contribution in [0.4, 0.5) is 10.1 Å². The van der Waals surface area contributed by atoms with Gasteiger partial charge in [-0.15, -0.1) is 0 Å². The highest BCUT2D eigenvalue weighted by atomic mass is 19.1. The molecule has 2 rings (SSSR count). The van der Waals surface area contributed by atoms with Crippen LogP contribution in [0.2, 0.25) is 0 Å². The van der Waals surface area contributed by atoms with Crippen molar-refractivity contribution in [1.29, 1.82) is 0 Å². The average molecular weight is 280 g/mol. The third-order valence-corrected chi connectivity index (χ3v) is 4.11. The van der Waals surface area contributed by atoms with Gasteiger partial charge in [0.15, 0.2) is 0 Å². The van der Waals surface area contributed by atoms with E-state index in [4.69, 9.17) is 0 Å². The Labute approximate surface area is 118 Å². The van der Waals surface area contributed by atoms with Crippen molar-refractivity contribution in [2.75, 3.05) is 6.54 Å². The van der Waals surface area contributed by atoms with Crippen LogP contribution in [0.15, 0.2) is 18.2 Å². The minimum absolute atomic E-state index is 0.463. The van der Waals surface area contributed by atoms with Crippen LogP contribution in [-0.4, -0.2) is 11.5 Å². The van der Waals surface area contributed by atoms with E-state index in [0.29, 0.717) is 12.5 Å². The van der Waals surface area contributed by atoms with Crippen LogP contribution in [-0.2, 0) is 6.54 Å². The van der Waals surface area contributed by atoms with E-state index < -0.39 is 16.4 Å². The van der Waals surface area contributed by atoms with E-state index in [9.17, 15) is 14.5 Å². The highest BCUT2D eigenvalue weighted by Gasteiger charge is 2.18. The second-order valence-corrected chi connectivity index (χ2v) is 5.80. The van der Waals surface area contributed by atoms with Gasteiger partial charge < -0.3 is 5.32 Å². The quantitative estimate of drug-likeness (QED) is 0.661. The van der Waals surface area contributed by atoms with E-state index in [2.05, 4.69) is 12.2 Å². The lowest BCUT2D eigenvalue weighted by Crippen LogP contribution is -2.25. The molecule has 1 fully saturated rings. The molecular weight excluding hydrogens is 259 g/mol. The fourth-order valence-corrected chi connectivity index (χ4v) is 2.76. The van der Waals surface area contributed by atoms with E-state index in [0.717, 1.165) is 18.0 Å². The van der Waals surface area contributed by atoms with Crippen molar-refractivity contribution in [3.63, 3.8) is 0 Å². The Bertz CT molecular complexity index is 471. The number of nitrogens with one attached hydrogen (secondary N) is 1. The number of hydrogen-bond donors (Lipinski definition) is 1. The summed E-state index contributed by atoms with van der Waals surface area (Å²) in [5.41, 5.74) is 0.285. The Hall–Kier alpha value is -1.49. The summed E-state index contributed by atoms with van der Waals surface area (Å²) in [5, 5.41) is 13.9. The number of hydrogen-bond acceptors (Lipinski definition) is 3. The molecule has 1 aromatic rings. The van der Waals surface area contributed by atoms with Gasteiger partial charge in [-0.25, -0.2) is 0 Å². The summed E-state index contributed by atoms with van der Waals surface area (Å²) < 4.78 is 13.5. The molecule has 1 N–H and O–H groups in total. The molecule has 4 nitrogen and oxygen atoms in total. The zero-order valence-electron chi connectivity index (χ0n) is 11.8. The Kier molecular flexibility index (Phi) is 5.06. The summed E-state index contributed by atoms with van der Waals surface area (Å²) in [7, 11) is 0. The standard InChI is InChI=1S/C15H21FN2O2/c1-11-2-4-12(5-3-11)9-17-10-13-6-7-15(18(19)20)14(16)8-13/h6-8,11-12,17H,2-5,9-10H2,1H3. The molecule has 0 saturated heterocycles. The Morgan fingerprint density at radius 1 is 1.35 bits per heavy atom. The fourth-order valence-electron chi connectivity index (χ4n) is 2.76. The van der Waals surface area contributed by atoms with E-state index in [1.165, 1.54) is 37.8 Å². The molecule has 1 saturated carbocycles. The minimum atomic E-state index is -0.763. The van der Waals surface area contributed by atoms with Gasteiger partial charge in [-0.2, -0.15) is 4.39 Å². The molecule has 20 heavy (non-hydrogen) atoms. The molecule has 110 valence electrons. The van der Waals surface area contributed by atoms with Crippen LogP contribution in [0.25, 0.3) is 0 Å². The Balaban J connectivity index is 1.79. The number of halogens is 1. The number of nitro groups is 1. The van der Waals surface area contributed by atoms with E-state index in [1.807, 2.05) is 0 Å². The Morgan fingerprint density at radius 2 is 2.05 bits per heavy atom. The molecule has 1 aliphatic carbocycles. The molecule has 0 bridgehead atoms. The van der Waals surface area contributed by atoms with Crippen molar-refractivity contribution >= 4 is 5.69 Å². The molecule has 0 aromatic heterocycles. The van der Waals surface area contributed by atoms with E-state index >= 15 is 0 Å². The van der Waals surface area contributed by atoms with Crippen LogP contribution in [0.5, 0.6) is 0 Å². The van der Waals surface area contributed by atoms with Crippen molar-refractivity contribution in [2.45, 2.75) is 39.2 Å². The smallest absolute Gasteiger partial charge is 0.304 e. The largest absolute Gasteiger partial charge is 0.312 e. The maximum Gasteiger partial charge on any atom is 0.304 e. The summed E-state index contributed by atoms with van der Waals surface area (Å²) >= 11 is 0. The molecule has 1 aliphatic rings. The molecule has 1 aromatic carbocycles. The van der Waals surface area contributed by atoms with Crippen LogP contribution in [0.1, 0.15) is 38.2 Å². The summed E-state index contributed by atoms with van der Waals surface area (Å²) in [6, 6.07) is 4.08. The first-order valence-corrected chi connectivity index (χ1v) is 7.20. The second kappa shape index (κ2) is 6.79. The zero-order valence-corrected chi connectivity index (χ0v) is 11.8. The van der Waals surface area contributed by atoms with Gasteiger partial charge in [0.1, 0.15) is 0 Å². The molecule has 0 amide bonds. The van der Waals surface area contributed by atoms with Gasteiger partial charge in [0.05, 0.1) is 4.92 Å². The molecule has 0 aliphatic heterocycles. The van der Waals surface area contributed by atoms with Gasteiger partial charge in [-0.1, -0.05) is 25.8 Å². The van der Waals surface area contributed by atoms with Gasteiger partial charge in [-0.05, 0) is 42.9 Å². The average Bonchev–Trinajstić information content (AvgIpc) is 2.41. The molecule has 5 heteroatoms. The fraction of sp³-hybridized carbons (Fsp3) is 0.600. The van der Waals surface area contributed by atoms with Crippen LogP contribution >= 0.6 is 0 Å². The molecule has 0 radical (unpaired) electrons. The SMILES string of the molecule is CC1CCC(CNCc2ccc([N+](=O)[O-])c(F)c2)CC1. The highest BCUT2D eigenvalue weighted by molar-refractivity contribution is 5.34. The second-order valence-electron chi connectivity index (χ2n) is 5.80. The lowest BCUT2D eigenvalue weighted by atomic mass is 9.83. The summed E-state index contributed by atoms with van der Waals surface area (Å²) in [6.07, 6.45) is 5.09. The maximum absolute atomic E-state index is 13.5. The van der Waals surface area contributed by atoms with Crippen molar-refractivity contribution in [1.82, 2.24) is 5.32 Å². The molecule has 0 spiro atoms. The summed E-state index contributed by atoms with van der Waals surface area (Å²) in [4.78, 5) is 9.83. The van der Waals surface area contributed by atoms with Gasteiger partial charge in [0.25, 0.3) is 0 Å². The monoisotopic (exact) mass is 280 g/mol. The van der Waals surface area contributed by atoms with Crippen molar-refractivity contribution < 1.29 is 9.31 Å². The number of nitro benzene ring substituents is 1. The van der Waals surface area contributed by atoms with Crippen LogP contribution in [0.3, 0.4) is 0 Å². The van der Waals surface area contributed by atoms with Gasteiger partial charge >= 0.3 is 5.69 Å². The van der Waals surface area contributed by atoms with E-state index in [1.54, 1.807) is 6.07 Å². The first-order valence-electron chi connectivity index (χ1n) is 7.20. The minimum Gasteiger partial charge on any atom is -0.312 e. The number of nitrogens with zero attached hydrogens (tertiary/aromatic N) is 1. The van der Waals surface area contributed by atoms with Gasteiger partial charge in [0, 0.05) is 12.6 Å². The topological polar surface area (TPSA) is 55.2 Å². The first kappa shape index (κ1) is 14.9. The summed E-state index contributed by atoms with van der Waals surface area (Å²) in [5.74, 6) is 0.782. The van der Waals surface area contributed by atoms with Gasteiger partial charge in [0.2, 0.25) is 5.82 Å². The first-order chi connectivity index (χ1) is 9.56. The van der Waals surface area contributed by atoms with Crippen molar-refractivity contribution in [3.05, 3.63) is 39.7 Å².